The van der Waals surface area contributed by atoms with E-state index in [9.17, 15) is 14.4 Å². The normalized spacial score (nSPS) is 11.8. The fourth-order valence-electron chi connectivity index (χ4n) is 3.46. The topological polar surface area (TPSA) is 100 Å². The number of carbonyl (C=O) groups excluding carboxylic acids is 3. The van der Waals surface area contributed by atoms with Crippen LogP contribution in [0, 0.1) is 0 Å². The van der Waals surface area contributed by atoms with Crippen molar-refractivity contribution >= 4 is 74.6 Å². The van der Waals surface area contributed by atoms with Crippen molar-refractivity contribution in [3.8, 4) is 0 Å². The monoisotopic (exact) mass is 634 g/mol. The molecule has 0 aliphatic heterocycles. The molecule has 0 aliphatic carbocycles. The fraction of sp³-hybridized carbons (Fsp3) is 0.0667. The highest BCUT2D eigenvalue weighted by Gasteiger charge is 2.17. The largest absolute Gasteiger partial charge is 0.321 e. The van der Waals surface area contributed by atoms with E-state index in [0.717, 1.165) is 14.9 Å². The van der Waals surface area contributed by atoms with Gasteiger partial charge in [-0.15, -0.1) is 11.8 Å². The smallest absolute Gasteiger partial charge is 0.272 e. The Morgan fingerprint density at radius 1 is 0.925 bits per heavy atom. The highest BCUT2D eigenvalue weighted by atomic mass is 79.9. The first-order valence-electron chi connectivity index (χ1n) is 12.1. The summed E-state index contributed by atoms with van der Waals surface area (Å²) in [5.74, 6) is -0.655. The molecule has 4 aromatic rings. The Labute approximate surface area is 249 Å². The third kappa shape index (κ3) is 8.54. The molecule has 3 N–H and O–H groups in total. The second-order valence-electron chi connectivity index (χ2n) is 8.52. The number of thioether (sulfide) groups is 1. The molecule has 40 heavy (non-hydrogen) atoms. The van der Waals surface area contributed by atoms with Crippen molar-refractivity contribution in [3.05, 3.63) is 124 Å². The van der Waals surface area contributed by atoms with Crippen molar-refractivity contribution in [3.63, 3.8) is 0 Å². The minimum absolute atomic E-state index is 0.0894. The summed E-state index contributed by atoms with van der Waals surface area (Å²) < 4.78 is 0.843. The van der Waals surface area contributed by atoms with Gasteiger partial charge in [0.15, 0.2) is 0 Å². The van der Waals surface area contributed by atoms with Crippen molar-refractivity contribution < 1.29 is 14.4 Å². The highest BCUT2D eigenvalue weighted by molar-refractivity contribution is 9.10. The number of hydrogen-bond acceptors (Lipinski definition) is 5. The Balaban J connectivity index is 1.42. The quantitative estimate of drug-likeness (QED) is 0.136. The minimum Gasteiger partial charge on any atom is -0.321 e. The molecule has 1 heterocycles. The SMILES string of the molecule is CC(Sc1ccc(NC(=O)/C(=C/c2cccc(Br)c2)NC(=O)c2ccccc2)cc1)C(=O)Nc1ccc(Cl)cn1. The first-order chi connectivity index (χ1) is 19.3. The Hall–Kier alpha value is -3.92. The zero-order valence-electron chi connectivity index (χ0n) is 21.2. The molecular formula is C30H24BrClN4O3S. The zero-order chi connectivity index (χ0) is 28.5. The van der Waals surface area contributed by atoms with Gasteiger partial charge >= 0.3 is 0 Å². The van der Waals surface area contributed by atoms with Gasteiger partial charge in [-0.25, -0.2) is 4.98 Å². The lowest BCUT2D eigenvalue weighted by atomic mass is 10.1. The second kappa shape index (κ2) is 13.9. The second-order valence-corrected chi connectivity index (χ2v) is 11.3. The van der Waals surface area contributed by atoms with E-state index in [1.807, 2.05) is 42.5 Å². The Morgan fingerprint density at radius 3 is 2.35 bits per heavy atom. The molecule has 7 nitrogen and oxygen atoms in total. The number of benzene rings is 3. The molecular weight excluding hydrogens is 612 g/mol. The van der Waals surface area contributed by atoms with Gasteiger partial charge in [0.2, 0.25) is 5.91 Å². The van der Waals surface area contributed by atoms with E-state index in [4.69, 9.17) is 11.6 Å². The molecule has 0 saturated carbocycles. The molecule has 0 aliphatic rings. The lowest BCUT2D eigenvalue weighted by Crippen LogP contribution is -2.30. The summed E-state index contributed by atoms with van der Waals surface area (Å²) >= 11 is 10.6. The number of aromatic nitrogens is 1. The van der Waals surface area contributed by atoms with Crippen LogP contribution in [0.4, 0.5) is 11.5 Å². The van der Waals surface area contributed by atoms with E-state index >= 15 is 0 Å². The van der Waals surface area contributed by atoms with Crippen LogP contribution in [-0.4, -0.2) is 28.0 Å². The summed E-state index contributed by atoms with van der Waals surface area (Å²) in [7, 11) is 0. The van der Waals surface area contributed by atoms with Crippen molar-refractivity contribution in [1.29, 1.82) is 0 Å². The molecule has 0 spiro atoms. The molecule has 4 rings (SSSR count). The third-order valence-electron chi connectivity index (χ3n) is 5.46. The van der Waals surface area contributed by atoms with Crippen molar-refractivity contribution in [2.75, 3.05) is 10.6 Å². The van der Waals surface area contributed by atoms with E-state index in [2.05, 4.69) is 36.9 Å². The van der Waals surface area contributed by atoms with Crippen LogP contribution in [0.3, 0.4) is 0 Å². The van der Waals surface area contributed by atoms with Gasteiger partial charge in [0.25, 0.3) is 11.8 Å². The summed E-state index contributed by atoms with van der Waals surface area (Å²) in [5, 5.41) is 8.41. The summed E-state index contributed by atoms with van der Waals surface area (Å²) in [6, 6.07) is 26.4. The maximum atomic E-state index is 13.2. The number of pyridine rings is 1. The van der Waals surface area contributed by atoms with Crippen LogP contribution in [0.1, 0.15) is 22.8 Å². The van der Waals surface area contributed by atoms with Crippen LogP contribution in [0.15, 0.2) is 112 Å². The van der Waals surface area contributed by atoms with Gasteiger partial charge < -0.3 is 16.0 Å². The number of nitrogens with zero attached hydrogens (tertiary/aromatic N) is 1. The predicted molar refractivity (Wildman–Crippen MR) is 164 cm³/mol. The zero-order valence-corrected chi connectivity index (χ0v) is 24.4. The van der Waals surface area contributed by atoms with Crippen LogP contribution in [0.25, 0.3) is 6.08 Å². The molecule has 202 valence electrons. The number of rotatable bonds is 9. The minimum atomic E-state index is -0.479. The Morgan fingerprint density at radius 2 is 1.68 bits per heavy atom. The van der Waals surface area contributed by atoms with Gasteiger partial charge in [0.1, 0.15) is 11.5 Å². The van der Waals surface area contributed by atoms with Gasteiger partial charge in [-0.3, -0.25) is 14.4 Å². The van der Waals surface area contributed by atoms with Crippen LogP contribution in [0.2, 0.25) is 5.02 Å². The molecule has 0 fully saturated rings. The van der Waals surface area contributed by atoms with E-state index in [0.29, 0.717) is 22.1 Å². The van der Waals surface area contributed by atoms with E-state index in [1.165, 1.54) is 18.0 Å². The maximum Gasteiger partial charge on any atom is 0.272 e. The summed E-state index contributed by atoms with van der Waals surface area (Å²) in [5.41, 5.74) is 1.79. The first kappa shape index (κ1) is 29.1. The number of halogens is 2. The molecule has 0 radical (unpaired) electrons. The molecule has 10 heteroatoms. The molecule has 1 aromatic heterocycles. The Kier molecular flexibility index (Phi) is 10.1. The van der Waals surface area contributed by atoms with Gasteiger partial charge in [-0.2, -0.15) is 0 Å². The molecule has 0 bridgehead atoms. The summed E-state index contributed by atoms with van der Waals surface area (Å²) in [6.45, 7) is 1.79. The number of anilines is 2. The van der Waals surface area contributed by atoms with Gasteiger partial charge in [-0.05, 0) is 79.2 Å². The summed E-state index contributed by atoms with van der Waals surface area (Å²) in [6.07, 6.45) is 3.08. The van der Waals surface area contributed by atoms with Gasteiger partial charge in [0, 0.05) is 26.8 Å². The molecule has 0 saturated heterocycles. The average Bonchev–Trinajstić information content (AvgIpc) is 2.95. The molecule has 3 aromatic carbocycles. The lowest BCUT2D eigenvalue weighted by molar-refractivity contribution is -0.115. The number of nitrogens with one attached hydrogen (secondary N) is 3. The summed E-state index contributed by atoms with van der Waals surface area (Å²) in [4.78, 5) is 43.5. The van der Waals surface area contributed by atoms with Crippen molar-refractivity contribution in [1.82, 2.24) is 10.3 Å². The van der Waals surface area contributed by atoms with E-state index < -0.39 is 17.1 Å². The molecule has 1 atom stereocenters. The van der Waals surface area contributed by atoms with E-state index in [-0.39, 0.29) is 11.6 Å². The maximum absolute atomic E-state index is 13.2. The highest BCUT2D eigenvalue weighted by Crippen LogP contribution is 2.26. The van der Waals surface area contributed by atoms with Gasteiger partial charge in [-0.1, -0.05) is 57.9 Å². The standard InChI is InChI=1S/C30H24BrClN4O3S/c1-19(28(37)36-27-15-10-23(32)18-33-27)40-25-13-11-24(12-14-25)34-30(39)26(17-20-6-5-9-22(31)16-20)35-29(38)21-7-3-2-4-8-21/h2-19H,1H3,(H,34,39)(H,35,38)(H,33,36,37)/b26-17-. The molecule has 3 amide bonds. The number of carbonyl (C=O) groups is 3. The Bertz CT molecular complexity index is 1530. The van der Waals surface area contributed by atoms with Crippen molar-refractivity contribution in [2.24, 2.45) is 0 Å². The van der Waals surface area contributed by atoms with Crippen LogP contribution < -0.4 is 16.0 Å². The number of hydrogen-bond donors (Lipinski definition) is 3. The van der Waals surface area contributed by atoms with Crippen LogP contribution in [0.5, 0.6) is 0 Å². The van der Waals surface area contributed by atoms with E-state index in [1.54, 1.807) is 61.5 Å². The lowest BCUT2D eigenvalue weighted by Gasteiger charge is -2.13. The van der Waals surface area contributed by atoms with Crippen LogP contribution >= 0.6 is 39.3 Å². The third-order valence-corrected chi connectivity index (χ3v) is 7.29. The van der Waals surface area contributed by atoms with Crippen molar-refractivity contribution in [2.45, 2.75) is 17.1 Å². The first-order valence-corrected chi connectivity index (χ1v) is 14.2. The molecule has 1 unspecified atom stereocenters. The average molecular weight is 636 g/mol. The van der Waals surface area contributed by atoms with Gasteiger partial charge in [0.05, 0.1) is 10.3 Å². The number of amides is 3. The van der Waals surface area contributed by atoms with Crippen LogP contribution in [-0.2, 0) is 9.59 Å². The fourth-order valence-corrected chi connectivity index (χ4v) is 4.85. The predicted octanol–water partition coefficient (Wildman–Crippen LogP) is 7.03.